The Labute approximate surface area is 174 Å². The molecule has 0 aliphatic carbocycles. The monoisotopic (exact) mass is 456 g/mol. The van der Waals surface area contributed by atoms with Crippen LogP contribution in [0.15, 0.2) is 18.2 Å². The quantitative estimate of drug-likeness (QED) is 0.338. The molecule has 12 heteroatoms. The van der Waals surface area contributed by atoms with Crippen molar-refractivity contribution in [1.82, 2.24) is 10.2 Å². The van der Waals surface area contributed by atoms with Gasteiger partial charge in [0.2, 0.25) is 5.91 Å². The molecular formula is C19H22F6N2O4. The SMILES string of the molecule is CCCc1cc(C(O)(C(F)(F)F)C(F)(F)F)ccc1OCCCCN1C(=O)CNC1=O. The van der Waals surface area contributed by atoms with Crippen molar-refractivity contribution in [3.05, 3.63) is 29.3 Å². The number of ether oxygens (including phenoxy) is 1. The Morgan fingerprint density at radius 1 is 1.10 bits per heavy atom. The van der Waals surface area contributed by atoms with E-state index in [-0.39, 0.29) is 43.3 Å². The molecular weight excluding hydrogens is 434 g/mol. The fraction of sp³-hybridized carbons (Fsp3) is 0.579. The number of unbranched alkanes of at least 4 members (excludes halogenated alkanes) is 1. The molecule has 1 heterocycles. The van der Waals surface area contributed by atoms with Crippen LogP contribution in [0.3, 0.4) is 0 Å². The molecule has 2 N–H and O–H groups in total. The molecule has 0 spiro atoms. The van der Waals surface area contributed by atoms with Crippen molar-refractivity contribution >= 4 is 11.9 Å². The number of amides is 3. The average Bonchev–Trinajstić information content (AvgIpc) is 2.98. The molecule has 1 aliphatic rings. The molecule has 0 aromatic heterocycles. The summed E-state index contributed by atoms with van der Waals surface area (Å²) in [5, 5.41) is 11.9. The Morgan fingerprint density at radius 3 is 2.26 bits per heavy atom. The molecule has 0 saturated carbocycles. The van der Waals surface area contributed by atoms with Crippen LogP contribution < -0.4 is 10.1 Å². The van der Waals surface area contributed by atoms with Crippen molar-refractivity contribution in [3.8, 4) is 5.75 Å². The maximum Gasteiger partial charge on any atom is 0.430 e. The Bertz CT molecular complexity index is 780. The van der Waals surface area contributed by atoms with Gasteiger partial charge in [-0.25, -0.2) is 4.79 Å². The molecule has 0 bridgehead atoms. The Balaban J connectivity index is 2.09. The van der Waals surface area contributed by atoms with E-state index in [9.17, 15) is 41.0 Å². The van der Waals surface area contributed by atoms with Crippen LogP contribution in [-0.2, 0) is 16.8 Å². The number of imide groups is 1. The standard InChI is InChI=1S/C19H22F6N2O4/c1-2-5-12-10-13(17(30,18(20,21)22)19(23,24)25)6-7-14(12)31-9-4-3-8-27-15(28)11-26-16(27)29/h6-7,10,30H,2-5,8-9,11H2,1H3,(H,26,29). The summed E-state index contributed by atoms with van der Waals surface area (Å²) in [6, 6.07) is 1.68. The second kappa shape index (κ2) is 9.33. The van der Waals surface area contributed by atoms with Gasteiger partial charge < -0.3 is 15.2 Å². The largest absolute Gasteiger partial charge is 0.493 e. The highest BCUT2D eigenvalue weighted by atomic mass is 19.4. The highest BCUT2D eigenvalue weighted by molar-refractivity contribution is 6.01. The van der Waals surface area contributed by atoms with E-state index in [0.29, 0.717) is 31.4 Å². The topological polar surface area (TPSA) is 78.9 Å². The van der Waals surface area contributed by atoms with Crippen LogP contribution in [0, 0.1) is 0 Å². The van der Waals surface area contributed by atoms with Gasteiger partial charge in [-0.1, -0.05) is 19.4 Å². The third-order valence-corrected chi connectivity index (χ3v) is 4.79. The molecule has 6 nitrogen and oxygen atoms in total. The molecule has 31 heavy (non-hydrogen) atoms. The predicted octanol–water partition coefficient (Wildman–Crippen LogP) is 3.66. The third kappa shape index (κ3) is 5.23. The third-order valence-electron chi connectivity index (χ3n) is 4.79. The number of nitrogens with zero attached hydrogens (tertiary/aromatic N) is 1. The molecule has 1 aliphatic heterocycles. The zero-order valence-electron chi connectivity index (χ0n) is 16.6. The molecule has 0 atom stereocenters. The number of aryl methyl sites for hydroxylation is 1. The van der Waals surface area contributed by atoms with Crippen LogP contribution in [0.4, 0.5) is 31.1 Å². The highest BCUT2D eigenvalue weighted by Gasteiger charge is 2.71. The molecule has 1 aromatic carbocycles. The zero-order valence-corrected chi connectivity index (χ0v) is 16.6. The number of nitrogens with one attached hydrogen (secondary N) is 1. The van der Waals surface area contributed by atoms with Gasteiger partial charge in [-0.2, -0.15) is 26.3 Å². The van der Waals surface area contributed by atoms with Crippen molar-refractivity contribution in [2.45, 2.75) is 50.6 Å². The first-order valence-electron chi connectivity index (χ1n) is 9.53. The van der Waals surface area contributed by atoms with Gasteiger partial charge >= 0.3 is 18.4 Å². The summed E-state index contributed by atoms with van der Waals surface area (Å²) in [7, 11) is 0. The second-order valence-corrected chi connectivity index (χ2v) is 7.04. The van der Waals surface area contributed by atoms with E-state index in [1.807, 2.05) is 0 Å². The van der Waals surface area contributed by atoms with Gasteiger partial charge in [-0.3, -0.25) is 9.69 Å². The number of rotatable bonds is 9. The predicted molar refractivity (Wildman–Crippen MR) is 96.3 cm³/mol. The molecule has 0 radical (unpaired) electrons. The number of hydrogen-bond acceptors (Lipinski definition) is 4. The first-order valence-corrected chi connectivity index (χ1v) is 9.53. The van der Waals surface area contributed by atoms with E-state index in [0.717, 1.165) is 11.0 Å². The molecule has 3 amide bonds. The smallest absolute Gasteiger partial charge is 0.430 e. The van der Waals surface area contributed by atoms with Crippen molar-refractivity contribution < 1.29 is 45.8 Å². The van der Waals surface area contributed by atoms with E-state index < -0.39 is 29.5 Å². The lowest BCUT2D eigenvalue weighted by Gasteiger charge is -2.33. The molecule has 1 aromatic rings. The number of halogens is 6. The lowest BCUT2D eigenvalue weighted by atomic mass is 9.90. The minimum Gasteiger partial charge on any atom is -0.493 e. The first-order chi connectivity index (χ1) is 14.3. The second-order valence-electron chi connectivity index (χ2n) is 7.04. The number of urea groups is 1. The number of benzene rings is 1. The summed E-state index contributed by atoms with van der Waals surface area (Å²) < 4.78 is 84.2. The van der Waals surface area contributed by atoms with E-state index in [2.05, 4.69) is 5.32 Å². The van der Waals surface area contributed by atoms with Crippen LogP contribution in [0.25, 0.3) is 0 Å². The van der Waals surface area contributed by atoms with Crippen LogP contribution >= 0.6 is 0 Å². The van der Waals surface area contributed by atoms with Crippen molar-refractivity contribution in [2.24, 2.45) is 0 Å². The lowest BCUT2D eigenvalue weighted by molar-refractivity contribution is -0.376. The molecule has 0 unspecified atom stereocenters. The maximum atomic E-state index is 13.1. The molecule has 174 valence electrons. The molecule has 1 saturated heterocycles. The normalized spacial score (nSPS) is 15.4. The first kappa shape index (κ1) is 24.8. The number of aliphatic hydroxyl groups is 1. The van der Waals surface area contributed by atoms with E-state index in [4.69, 9.17) is 4.74 Å². The highest BCUT2D eigenvalue weighted by Crippen LogP contribution is 2.50. The summed E-state index contributed by atoms with van der Waals surface area (Å²) in [5.41, 5.74) is -6.23. The van der Waals surface area contributed by atoms with Gasteiger partial charge in [0.15, 0.2) is 0 Å². The number of alkyl halides is 6. The van der Waals surface area contributed by atoms with Crippen LogP contribution in [0.2, 0.25) is 0 Å². The van der Waals surface area contributed by atoms with Crippen molar-refractivity contribution in [2.75, 3.05) is 19.7 Å². The van der Waals surface area contributed by atoms with Gasteiger partial charge in [0, 0.05) is 12.1 Å². The molecule has 1 fully saturated rings. The van der Waals surface area contributed by atoms with Crippen molar-refractivity contribution in [1.29, 1.82) is 0 Å². The minimum atomic E-state index is -5.96. The molecule has 2 rings (SSSR count). The van der Waals surface area contributed by atoms with Crippen LogP contribution in [0.5, 0.6) is 5.75 Å². The summed E-state index contributed by atoms with van der Waals surface area (Å²) in [5.74, 6) is -0.249. The summed E-state index contributed by atoms with van der Waals surface area (Å²) in [6.45, 7) is 1.86. The average molecular weight is 456 g/mol. The van der Waals surface area contributed by atoms with Crippen molar-refractivity contribution in [3.63, 3.8) is 0 Å². The van der Waals surface area contributed by atoms with E-state index in [1.165, 1.54) is 0 Å². The Kier molecular flexibility index (Phi) is 7.45. The number of hydrogen-bond donors (Lipinski definition) is 2. The fourth-order valence-corrected chi connectivity index (χ4v) is 3.13. The number of carbonyl (C=O) groups excluding carboxylic acids is 2. The lowest BCUT2D eigenvalue weighted by Crippen LogP contribution is -2.53. The van der Waals surface area contributed by atoms with Gasteiger partial charge in [0.05, 0.1) is 13.2 Å². The summed E-state index contributed by atoms with van der Waals surface area (Å²) in [6.07, 6.45) is -10.6. The van der Waals surface area contributed by atoms with E-state index >= 15 is 0 Å². The summed E-state index contributed by atoms with van der Waals surface area (Å²) in [4.78, 5) is 23.9. The Hall–Kier alpha value is -2.50. The fourth-order valence-electron chi connectivity index (χ4n) is 3.13. The summed E-state index contributed by atoms with van der Waals surface area (Å²) >= 11 is 0. The van der Waals surface area contributed by atoms with Gasteiger partial charge in [0.25, 0.3) is 5.60 Å². The Morgan fingerprint density at radius 2 is 1.74 bits per heavy atom. The van der Waals surface area contributed by atoms with E-state index in [1.54, 1.807) is 6.92 Å². The number of carbonyl (C=O) groups is 2. The minimum absolute atomic E-state index is 0.0652. The maximum absolute atomic E-state index is 13.1. The van der Waals surface area contributed by atoms with Gasteiger partial charge in [-0.15, -0.1) is 0 Å². The van der Waals surface area contributed by atoms with Gasteiger partial charge in [0.1, 0.15) is 5.75 Å². The van der Waals surface area contributed by atoms with Crippen LogP contribution in [-0.4, -0.2) is 54.0 Å². The zero-order chi connectivity index (χ0) is 23.4. The van der Waals surface area contributed by atoms with Crippen LogP contribution in [0.1, 0.15) is 37.3 Å². The van der Waals surface area contributed by atoms with Gasteiger partial charge in [-0.05, 0) is 37.0 Å².